The molecule has 3 rings (SSSR count). The highest BCUT2D eigenvalue weighted by molar-refractivity contribution is 5.85. The van der Waals surface area contributed by atoms with Gasteiger partial charge in [0.05, 0.1) is 0 Å². The highest BCUT2D eigenvalue weighted by Crippen LogP contribution is 2.50. The Hall–Kier alpha value is -1.46. The number of halogens is 1. The lowest BCUT2D eigenvalue weighted by Crippen LogP contribution is -2.40. The Labute approximate surface area is 137 Å². The van der Waals surface area contributed by atoms with Crippen molar-refractivity contribution in [2.24, 2.45) is 11.7 Å². The largest absolute Gasteiger partial charge is 0.486 e. The number of rotatable bonds is 4. The second-order valence-electron chi connectivity index (χ2n) is 5.89. The molecule has 3 atom stereocenters. The van der Waals surface area contributed by atoms with Crippen LogP contribution in [0.5, 0.6) is 11.5 Å². The van der Waals surface area contributed by atoms with Crippen molar-refractivity contribution in [3.63, 3.8) is 0 Å². The van der Waals surface area contributed by atoms with Gasteiger partial charge in [0.2, 0.25) is 5.91 Å². The molecular formula is C16H23ClN2O3. The molecule has 122 valence electrons. The van der Waals surface area contributed by atoms with Gasteiger partial charge >= 0.3 is 0 Å². The third kappa shape index (κ3) is 3.15. The summed E-state index contributed by atoms with van der Waals surface area (Å²) in [5.74, 6) is 2.14. The van der Waals surface area contributed by atoms with E-state index in [-0.39, 0.29) is 30.3 Å². The van der Waals surface area contributed by atoms with E-state index in [2.05, 4.69) is 0 Å². The predicted octanol–water partition coefficient (Wildman–Crippen LogP) is 1.79. The summed E-state index contributed by atoms with van der Waals surface area (Å²) in [6, 6.07) is 6.08. The van der Waals surface area contributed by atoms with Crippen LogP contribution in [0.3, 0.4) is 0 Å². The smallest absolute Gasteiger partial charge is 0.226 e. The quantitative estimate of drug-likeness (QED) is 0.916. The zero-order valence-electron chi connectivity index (χ0n) is 13.0. The molecule has 22 heavy (non-hydrogen) atoms. The molecule has 6 heteroatoms. The molecular weight excluding hydrogens is 304 g/mol. The number of carbonyl (C=O) groups excluding carboxylic acids is 1. The van der Waals surface area contributed by atoms with Gasteiger partial charge < -0.3 is 20.1 Å². The summed E-state index contributed by atoms with van der Waals surface area (Å²) < 4.78 is 11.1. The van der Waals surface area contributed by atoms with Crippen molar-refractivity contribution in [2.75, 3.05) is 26.8 Å². The van der Waals surface area contributed by atoms with Gasteiger partial charge in [-0.15, -0.1) is 12.4 Å². The van der Waals surface area contributed by atoms with Crippen molar-refractivity contribution < 1.29 is 14.3 Å². The number of hydrogen-bond donors (Lipinski definition) is 1. The van der Waals surface area contributed by atoms with Crippen LogP contribution in [0.15, 0.2) is 18.2 Å². The molecule has 1 aromatic carbocycles. The van der Waals surface area contributed by atoms with E-state index in [1.165, 1.54) is 0 Å². The van der Waals surface area contributed by atoms with Crippen molar-refractivity contribution in [3.05, 3.63) is 23.8 Å². The minimum atomic E-state index is 0. The second-order valence-corrected chi connectivity index (χ2v) is 5.89. The van der Waals surface area contributed by atoms with E-state index in [9.17, 15) is 4.79 Å². The first-order valence-corrected chi connectivity index (χ1v) is 7.48. The Bertz CT molecular complexity index is 552. The first-order chi connectivity index (χ1) is 10.1. The van der Waals surface area contributed by atoms with Gasteiger partial charge in [-0.05, 0) is 37.0 Å². The van der Waals surface area contributed by atoms with Crippen molar-refractivity contribution >= 4 is 18.3 Å². The number of nitrogens with two attached hydrogens (primary N) is 1. The number of nitrogens with zero attached hydrogens (tertiary/aromatic N) is 1. The van der Waals surface area contributed by atoms with Crippen LogP contribution in [0.4, 0.5) is 0 Å². The normalized spacial score (nSPS) is 23.2. The molecule has 1 heterocycles. The van der Waals surface area contributed by atoms with Crippen molar-refractivity contribution in [3.8, 4) is 11.5 Å². The van der Waals surface area contributed by atoms with Gasteiger partial charge in [-0.3, -0.25) is 4.79 Å². The molecule has 1 aliphatic carbocycles. The van der Waals surface area contributed by atoms with E-state index in [1.807, 2.05) is 32.2 Å². The third-order valence-corrected chi connectivity index (χ3v) is 4.45. The molecule has 5 nitrogen and oxygen atoms in total. The van der Waals surface area contributed by atoms with Crippen molar-refractivity contribution in [1.82, 2.24) is 4.90 Å². The number of amides is 1. The van der Waals surface area contributed by atoms with Gasteiger partial charge in [0, 0.05) is 25.6 Å². The second kappa shape index (κ2) is 6.75. The van der Waals surface area contributed by atoms with Crippen LogP contribution in [0, 0.1) is 5.92 Å². The van der Waals surface area contributed by atoms with Crippen LogP contribution in [0.1, 0.15) is 24.8 Å². The van der Waals surface area contributed by atoms with Gasteiger partial charge in [-0.25, -0.2) is 0 Å². The standard InChI is InChI=1S/C16H22N2O3.ClH/c1-10(9-17)18(2)16(19)13-8-12(13)11-3-4-14-15(7-11)21-6-5-20-14;/h3-4,7,10,12-13H,5-6,8-9,17H2,1-2H3;1H. The van der Waals surface area contributed by atoms with E-state index >= 15 is 0 Å². The Kier molecular flexibility index (Phi) is 5.19. The minimum Gasteiger partial charge on any atom is -0.486 e. The lowest BCUT2D eigenvalue weighted by Gasteiger charge is -2.24. The Morgan fingerprint density at radius 1 is 1.36 bits per heavy atom. The van der Waals surface area contributed by atoms with Crippen molar-refractivity contribution in [1.29, 1.82) is 0 Å². The summed E-state index contributed by atoms with van der Waals surface area (Å²) in [5.41, 5.74) is 6.79. The fourth-order valence-corrected chi connectivity index (χ4v) is 2.76. The summed E-state index contributed by atoms with van der Waals surface area (Å²) in [4.78, 5) is 14.2. The fourth-order valence-electron chi connectivity index (χ4n) is 2.76. The molecule has 1 saturated carbocycles. The van der Waals surface area contributed by atoms with Gasteiger partial charge in [0.25, 0.3) is 0 Å². The highest BCUT2D eigenvalue weighted by Gasteiger charge is 2.46. The summed E-state index contributed by atoms with van der Waals surface area (Å²) in [7, 11) is 1.83. The molecule has 0 bridgehead atoms. The van der Waals surface area contributed by atoms with E-state index in [1.54, 1.807) is 4.90 Å². The number of carbonyl (C=O) groups is 1. The summed E-state index contributed by atoms with van der Waals surface area (Å²) in [6.07, 6.45) is 0.903. The third-order valence-electron chi connectivity index (χ3n) is 4.45. The molecule has 1 amide bonds. The Balaban J connectivity index is 0.00000176. The minimum absolute atomic E-state index is 0. The van der Waals surface area contributed by atoms with Crippen LogP contribution in [0.2, 0.25) is 0 Å². The maximum Gasteiger partial charge on any atom is 0.226 e. The average molecular weight is 327 g/mol. The molecule has 0 saturated heterocycles. The number of hydrogen-bond acceptors (Lipinski definition) is 4. The fraction of sp³-hybridized carbons (Fsp3) is 0.562. The lowest BCUT2D eigenvalue weighted by molar-refractivity contribution is -0.133. The van der Waals surface area contributed by atoms with Gasteiger partial charge in [0.15, 0.2) is 11.5 Å². The maximum atomic E-state index is 12.4. The first kappa shape index (κ1) is 16.9. The van der Waals surface area contributed by atoms with Crippen LogP contribution in [-0.4, -0.2) is 43.7 Å². The monoisotopic (exact) mass is 326 g/mol. The predicted molar refractivity (Wildman–Crippen MR) is 86.8 cm³/mol. The molecule has 2 aliphatic rings. The zero-order chi connectivity index (χ0) is 15.0. The SMILES string of the molecule is CC(CN)N(C)C(=O)C1CC1c1ccc2c(c1)OCCO2.Cl. The van der Waals surface area contributed by atoms with E-state index in [0.717, 1.165) is 23.5 Å². The molecule has 0 spiro atoms. The zero-order valence-corrected chi connectivity index (χ0v) is 13.8. The summed E-state index contributed by atoms with van der Waals surface area (Å²) >= 11 is 0. The Morgan fingerprint density at radius 3 is 2.73 bits per heavy atom. The van der Waals surface area contributed by atoms with Crippen LogP contribution < -0.4 is 15.2 Å². The van der Waals surface area contributed by atoms with Gasteiger partial charge in [-0.1, -0.05) is 6.07 Å². The van der Waals surface area contributed by atoms with E-state index < -0.39 is 0 Å². The molecule has 1 fully saturated rings. The topological polar surface area (TPSA) is 64.8 Å². The van der Waals surface area contributed by atoms with Crippen LogP contribution in [-0.2, 0) is 4.79 Å². The summed E-state index contributed by atoms with van der Waals surface area (Å²) in [6.45, 7) is 3.64. The number of ether oxygens (including phenoxy) is 2. The lowest BCUT2D eigenvalue weighted by atomic mass is 10.1. The molecule has 0 aromatic heterocycles. The molecule has 3 unspecified atom stereocenters. The maximum absolute atomic E-state index is 12.4. The van der Waals surface area contributed by atoms with Gasteiger partial charge in [-0.2, -0.15) is 0 Å². The number of fused-ring (bicyclic) bond motifs is 1. The van der Waals surface area contributed by atoms with Crippen LogP contribution in [0.25, 0.3) is 0 Å². The van der Waals surface area contributed by atoms with Crippen molar-refractivity contribution in [2.45, 2.75) is 25.3 Å². The summed E-state index contributed by atoms with van der Waals surface area (Å²) in [5, 5.41) is 0. The molecule has 0 radical (unpaired) electrons. The van der Waals surface area contributed by atoms with E-state index in [4.69, 9.17) is 15.2 Å². The van der Waals surface area contributed by atoms with Gasteiger partial charge in [0.1, 0.15) is 13.2 Å². The highest BCUT2D eigenvalue weighted by atomic mass is 35.5. The first-order valence-electron chi connectivity index (χ1n) is 7.48. The Morgan fingerprint density at radius 2 is 2.05 bits per heavy atom. The molecule has 1 aromatic rings. The molecule has 1 aliphatic heterocycles. The average Bonchev–Trinajstić information content (AvgIpc) is 3.32. The van der Waals surface area contributed by atoms with E-state index in [0.29, 0.717) is 25.7 Å². The van der Waals surface area contributed by atoms with Crippen LogP contribution >= 0.6 is 12.4 Å². The molecule has 2 N–H and O–H groups in total. The number of likely N-dealkylation sites (N-methyl/N-ethyl adjacent to an activating group) is 1. The number of benzene rings is 1.